The van der Waals surface area contributed by atoms with E-state index in [2.05, 4.69) is 6.58 Å². The van der Waals surface area contributed by atoms with Gasteiger partial charge in [0.1, 0.15) is 31.0 Å². The number of carbonyl (C=O) groups is 2. The van der Waals surface area contributed by atoms with Crippen LogP contribution in [0, 0.1) is 24.3 Å². The van der Waals surface area contributed by atoms with Crippen LogP contribution in [0.15, 0.2) is 48.3 Å². The van der Waals surface area contributed by atoms with Crippen LogP contribution >= 0.6 is 0 Å². The molecule has 13 nitrogen and oxygen atoms in total. The van der Waals surface area contributed by atoms with Gasteiger partial charge in [0.25, 0.3) is 0 Å². The highest BCUT2D eigenvalue weighted by Gasteiger charge is 2.47. The van der Waals surface area contributed by atoms with Crippen molar-refractivity contribution in [2.75, 3.05) is 26.9 Å². The molecular formula is C25H32NO12-. The predicted molar refractivity (Wildman–Crippen MR) is 128 cm³/mol. The topological polar surface area (TPSA) is 195 Å². The third kappa shape index (κ3) is 6.45. The maximum atomic E-state index is 12.5. The molecule has 1 saturated heterocycles. The van der Waals surface area contributed by atoms with Crippen LogP contribution in [0.4, 0.5) is 0 Å². The average molecular weight is 539 g/mol. The Balaban J connectivity index is 1.89. The van der Waals surface area contributed by atoms with Crippen LogP contribution in [-0.2, 0) is 28.5 Å². The number of nitrogens with zero attached hydrogens (tertiary/aromatic N) is 1. The van der Waals surface area contributed by atoms with Gasteiger partial charge in [-0.3, -0.25) is 0 Å². The molecule has 13 heteroatoms. The van der Waals surface area contributed by atoms with E-state index in [-0.39, 0.29) is 24.3 Å². The number of aliphatic hydroxyl groups is 5. The van der Waals surface area contributed by atoms with E-state index in [1.54, 1.807) is 18.4 Å². The lowest BCUT2D eigenvalue weighted by molar-refractivity contribution is -0.481. The van der Waals surface area contributed by atoms with Gasteiger partial charge in [-0.2, -0.15) is 18.1 Å². The summed E-state index contributed by atoms with van der Waals surface area (Å²) in [6.07, 6.45) is -0.0371. The first kappa shape index (κ1) is 29.4. The number of hydrogen-bond donors (Lipinski definition) is 6. The fourth-order valence-electron chi connectivity index (χ4n) is 4.24. The number of carboxylic acids is 1. The molecule has 38 heavy (non-hydrogen) atoms. The molecule has 0 aromatic rings. The molecule has 0 spiro atoms. The van der Waals surface area contributed by atoms with E-state index in [0.717, 1.165) is 6.26 Å². The molecule has 0 unspecified atom stereocenters. The molecule has 8 atom stereocenters. The van der Waals surface area contributed by atoms with Gasteiger partial charge in [-0.15, -0.1) is 12.2 Å². The lowest BCUT2D eigenvalue weighted by Gasteiger charge is -2.43. The van der Waals surface area contributed by atoms with Gasteiger partial charge in [-0.05, 0) is 5.92 Å². The number of hydrogen-bond acceptors (Lipinski definition) is 11. The van der Waals surface area contributed by atoms with Gasteiger partial charge in [0.2, 0.25) is 6.29 Å². The Morgan fingerprint density at radius 3 is 2.55 bits per heavy atom. The van der Waals surface area contributed by atoms with Crippen LogP contribution in [0.3, 0.4) is 0 Å². The molecule has 0 amide bonds. The Morgan fingerprint density at radius 2 is 1.95 bits per heavy atom. The van der Waals surface area contributed by atoms with E-state index in [9.17, 15) is 40.2 Å². The summed E-state index contributed by atoms with van der Waals surface area (Å²) in [5.41, 5.74) is 0.0836. The summed E-state index contributed by atoms with van der Waals surface area (Å²) in [4.78, 5) is 24.0. The third-order valence-electron chi connectivity index (χ3n) is 6.27. The molecule has 0 radical (unpaired) electrons. The van der Waals surface area contributed by atoms with Crippen LogP contribution in [0.1, 0.15) is 0 Å². The molecule has 3 aliphatic heterocycles. The van der Waals surface area contributed by atoms with Crippen LogP contribution in [-0.4, -0.2) is 117 Å². The average Bonchev–Trinajstić information content (AvgIpc) is 2.91. The summed E-state index contributed by atoms with van der Waals surface area (Å²) in [7, 11) is 1.19. The van der Waals surface area contributed by atoms with Gasteiger partial charge in [0.05, 0.1) is 25.6 Å². The zero-order valence-corrected chi connectivity index (χ0v) is 20.6. The highest BCUT2D eigenvalue weighted by Crippen LogP contribution is 2.36. The third-order valence-corrected chi connectivity index (χ3v) is 6.27. The van der Waals surface area contributed by atoms with Crippen LogP contribution in [0.5, 0.6) is 0 Å². The Bertz CT molecular complexity index is 1000. The summed E-state index contributed by atoms with van der Waals surface area (Å²) in [5.74, 6) is -2.94. The number of carbonyl (C=O) groups excluding carboxylic acids is 1. The Kier molecular flexibility index (Phi) is 10.1. The molecule has 0 bridgehead atoms. The summed E-state index contributed by atoms with van der Waals surface area (Å²) in [6.45, 7) is 4.47. The van der Waals surface area contributed by atoms with Crippen LogP contribution < -0.4 is 0 Å². The van der Waals surface area contributed by atoms with Crippen molar-refractivity contribution in [1.29, 1.82) is 0 Å². The first-order chi connectivity index (χ1) is 18.1. The smallest absolute Gasteiger partial charge is 0.336 e. The maximum Gasteiger partial charge on any atom is 0.336 e. The number of methoxy groups -OCH3 is 1. The summed E-state index contributed by atoms with van der Waals surface area (Å²) < 4.78 is 23.1. The minimum Gasteiger partial charge on any atom is -0.530 e. The van der Waals surface area contributed by atoms with Gasteiger partial charge in [-0.1, -0.05) is 6.08 Å². The number of rotatable bonds is 10. The van der Waals surface area contributed by atoms with E-state index in [1.165, 1.54) is 30.4 Å². The Morgan fingerprint density at radius 1 is 1.21 bits per heavy atom. The lowest BCUT2D eigenvalue weighted by Crippen LogP contribution is -2.60. The standard InChI is InChI=1S/C25H32NO12/c1-3-15-16(5-4-13-8-14(22(32)33)10-26(9-13)6-7-27)17(23(34)35-2)12-36-24(15)38-25-21(31)20(30)19(29)18(11-28)37-25/h3-5,8-10,12,15-16,18-21,24-25,27-31H,1,6-7,11H2,2H3,(H,32,33)/q-1/b5-4+/t15-,16-,18-,19-,20+,21-,24+,25+/m1/s1. The minimum absolute atomic E-state index is 0.0135. The number of carboxylic acid groups (broad SMARTS) is 1. The van der Waals surface area contributed by atoms with E-state index in [4.69, 9.17) is 18.9 Å². The first-order valence-electron chi connectivity index (χ1n) is 11.7. The predicted octanol–water partition coefficient (Wildman–Crippen LogP) is -1.97. The normalized spacial score (nSPS) is 33.4. The van der Waals surface area contributed by atoms with Crippen molar-refractivity contribution in [3.63, 3.8) is 0 Å². The highest BCUT2D eigenvalue weighted by atomic mass is 16.8. The van der Waals surface area contributed by atoms with Crippen molar-refractivity contribution in [3.05, 3.63) is 60.8 Å². The summed E-state index contributed by atoms with van der Waals surface area (Å²) in [6, 6.07) is 0. The lowest BCUT2D eigenvalue weighted by atomic mass is 9.82. The number of allylic oxidation sites excluding steroid dienone is 3. The van der Waals surface area contributed by atoms with Gasteiger partial charge in [0.15, 0.2) is 18.8 Å². The number of aliphatic carboxylic acids is 1. The molecule has 210 valence electrons. The van der Waals surface area contributed by atoms with Crippen LogP contribution in [0.2, 0.25) is 0 Å². The Hall–Kier alpha value is -3.17. The highest BCUT2D eigenvalue weighted by molar-refractivity contribution is 5.93. The van der Waals surface area contributed by atoms with E-state index >= 15 is 0 Å². The molecule has 0 aliphatic carbocycles. The van der Waals surface area contributed by atoms with Crippen molar-refractivity contribution in [2.24, 2.45) is 11.8 Å². The van der Waals surface area contributed by atoms with E-state index < -0.39 is 67.4 Å². The maximum absolute atomic E-state index is 12.5. The van der Waals surface area contributed by atoms with Crippen molar-refractivity contribution >= 4 is 18.2 Å². The summed E-state index contributed by atoms with van der Waals surface area (Å²) >= 11 is 0. The van der Waals surface area contributed by atoms with Crippen molar-refractivity contribution < 1.29 is 63.8 Å². The molecule has 3 rings (SSSR count). The van der Waals surface area contributed by atoms with Crippen LogP contribution in [0.25, 0.3) is 0 Å². The van der Waals surface area contributed by atoms with E-state index in [0.29, 0.717) is 5.92 Å². The molecule has 0 saturated carbocycles. The van der Waals surface area contributed by atoms with Crippen molar-refractivity contribution in [2.45, 2.75) is 37.0 Å². The molecular weight excluding hydrogens is 506 g/mol. The molecule has 0 aromatic carbocycles. The zero-order valence-electron chi connectivity index (χ0n) is 20.6. The van der Waals surface area contributed by atoms with Crippen molar-refractivity contribution in [3.8, 4) is 0 Å². The number of esters is 1. The SMILES string of the molecule is C=C[C@H]1[C@H](O[C@@H]2O[C@H](CO)[C@@H](O)[C@H](O)[C@H]2O)OC=C(C(=O)OC)[C@@H]1/C=C/[C-]1C=C(C(=O)O)[CH-][N+](CCO)=C1. The first-order valence-corrected chi connectivity index (χ1v) is 11.7. The van der Waals surface area contributed by atoms with Gasteiger partial charge in [0, 0.05) is 18.7 Å². The molecule has 3 heterocycles. The molecule has 1 fully saturated rings. The molecule has 6 N–H and O–H groups in total. The van der Waals surface area contributed by atoms with Gasteiger partial charge in [-0.25, -0.2) is 10.9 Å². The number of ether oxygens (including phenoxy) is 4. The summed E-state index contributed by atoms with van der Waals surface area (Å²) in [5, 5.41) is 58.6. The second-order valence-electron chi connectivity index (χ2n) is 8.73. The largest absolute Gasteiger partial charge is 0.530 e. The fourth-order valence-corrected chi connectivity index (χ4v) is 4.24. The fraction of sp³-hybridized carbons (Fsp3) is 0.480. The number of β-amino-alcohol motifs (C(OH)–C–C–N with tert-alkyl or cyclic N) is 1. The van der Waals surface area contributed by atoms with E-state index in [1.807, 2.05) is 0 Å². The second kappa shape index (κ2) is 13.1. The Labute approximate surface area is 218 Å². The zero-order chi connectivity index (χ0) is 28.0. The van der Waals surface area contributed by atoms with Gasteiger partial charge >= 0.3 is 5.97 Å². The monoisotopic (exact) mass is 538 g/mol. The second-order valence-corrected chi connectivity index (χ2v) is 8.73. The quantitative estimate of drug-likeness (QED) is 0.0778. The number of aliphatic hydroxyl groups excluding tert-OH is 5. The minimum atomic E-state index is -1.68. The van der Waals surface area contributed by atoms with Gasteiger partial charge < -0.3 is 59.0 Å². The molecule has 0 aromatic heterocycles. The molecule has 3 aliphatic rings. The van der Waals surface area contributed by atoms with Crippen molar-refractivity contribution in [1.82, 2.24) is 0 Å².